The van der Waals surface area contributed by atoms with Gasteiger partial charge in [-0.3, -0.25) is 19.8 Å². The van der Waals surface area contributed by atoms with Gasteiger partial charge in [0.2, 0.25) is 11.8 Å². The Morgan fingerprint density at radius 2 is 2.08 bits per heavy atom. The SMILES string of the molecule is CC1CN(C2CCC(=O)NC2=O)C1. The summed E-state index contributed by atoms with van der Waals surface area (Å²) in [6, 6.07) is -0.0473. The number of amides is 2. The van der Waals surface area contributed by atoms with Crippen LogP contribution in [0.2, 0.25) is 0 Å². The number of rotatable bonds is 1. The maximum atomic E-state index is 11.4. The Bertz CT molecular complexity index is 246. The van der Waals surface area contributed by atoms with Crippen molar-refractivity contribution in [1.82, 2.24) is 10.2 Å². The molecule has 2 heterocycles. The van der Waals surface area contributed by atoms with Crippen molar-refractivity contribution in [2.24, 2.45) is 5.92 Å². The van der Waals surface area contributed by atoms with Gasteiger partial charge in [0.25, 0.3) is 0 Å². The third kappa shape index (κ3) is 1.58. The quantitative estimate of drug-likeness (QED) is 0.568. The number of imide groups is 1. The highest BCUT2D eigenvalue weighted by Crippen LogP contribution is 2.22. The Labute approximate surface area is 77.3 Å². The Kier molecular flexibility index (Phi) is 2.07. The van der Waals surface area contributed by atoms with Gasteiger partial charge in [0, 0.05) is 19.5 Å². The number of nitrogens with one attached hydrogen (secondary N) is 1. The number of piperidine rings is 1. The second-order valence-corrected chi connectivity index (χ2v) is 4.03. The first-order valence-corrected chi connectivity index (χ1v) is 4.74. The standard InChI is InChI=1S/C9H14N2O2/c1-6-4-11(5-6)7-2-3-8(12)10-9(7)13/h6-7H,2-5H2,1H3,(H,10,12,13). The fourth-order valence-electron chi connectivity index (χ4n) is 2.03. The Morgan fingerprint density at radius 3 is 2.62 bits per heavy atom. The van der Waals surface area contributed by atoms with Crippen LogP contribution in [0.15, 0.2) is 0 Å². The predicted molar refractivity (Wildman–Crippen MR) is 46.9 cm³/mol. The van der Waals surface area contributed by atoms with Crippen molar-refractivity contribution >= 4 is 11.8 Å². The maximum Gasteiger partial charge on any atom is 0.243 e. The molecule has 2 fully saturated rings. The zero-order chi connectivity index (χ0) is 9.42. The van der Waals surface area contributed by atoms with Crippen LogP contribution in [0.5, 0.6) is 0 Å². The molecule has 2 rings (SSSR count). The lowest BCUT2D eigenvalue weighted by Gasteiger charge is -2.43. The van der Waals surface area contributed by atoms with E-state index in [0.29, 0.717) is 18.8 Å². The minimum absolute atomic E-state index is 0.0473. The van der Waals surface area contributed by atoms with Crippen molar-refractivity contribution in [3.8, 4) is 0 Å². The molecule has 0 spiro atoms. The molecule has 2 amide bonds. The van der Waals surface area contributed by atoms with Gasteiger partial charge in [0.15, 0.2) is 0 Å². The topological polar surface area (TPSA) is 49.4 Å². The largest absolute Gasteiger partial charge is 0.295 e. The third-order valence-corrected chi connectivity index (χ3v) is 2.74. The predicted octanol–water partition coefficient (Wildman–Crippen LogP) is -0.257. The molecular formula is C9H14N2O2. The van der Waals surface area contributed by atoms with E-state index in [-0.39, 0.29) is 17.9 Å². The summed E-state index contributed by atoms with van der Waals surface area (Å²) in [6.45, 7) is 4.15. The molecule has 13 heavy (non-hydrogen) atoms. The zero-order valence-electron chi connectivity index (χ0n) is 7.75. The molecule has 0 aromatic rings. The second-order valence-electron chi connectivity index (χ2n) is 4.03. The first-order chi connectivity index (χ1) is 6.16. The molecule has 0 aromatic carbocycles. The van der Waals surface area contributed by atoms with Gasteiger partial charge in [0.1, 0.15) is 0 Å². The van der Waals surface area contributed by atoms with E-state index in [2.05, 4.69) is 17.1 Å². The second kappa shape index (κ2) is 3.10. The van der Waals surface area contributed by atoms with Crippen LogP contribution in [-0.4, -0.2) is 35.8 Å². The van der Waals surface area contributed by atoms with Gasteiger partial charge in [-0.25, -0.2) is 0 Å². The average molecular weight is 182 g/mol. The smallest absolute Gasteiger partial charge is 0.243 e. The average Bonchev–Trinajstić information content (AvgIpc) is 2.00. The summed E-state index contributed by atoms with van der Waals surface area (Å²) >= 11 is 0. The molecule has 0 aromatic heterocycles. The first kappa shape index (κ1) is 8.69. The fraction of sp³-hybridized carbons (Fsp3) is 0.778. The molecule has 2 aliphatic rings. The summed E-state index contributed by atoms with van der Waals surface area (Å²) in [6.07, 6.45) is 1.18. The summed E-state index contributed by atoms with van der Waals surface area (Å²) in [7, 11) is 0. The van der Waals surface area contributed by atoms with Gasteiger partial charge in [-0.2, -0.15) is 0 Å². The molecule has 1 unspecified atom stereocenters. The molecule has 72 valence electrons. The van der Waals surface area contributed by atoms with Gasteiger partial charge in [-0.15, -0.1) is 0 Å². The zero-order valence-corrected chi connectivity index (χ0v) is 7.75. The number of likely N-dealkylation sites (tertiary alicyclic amines) is 1. The van der Waals surface area contributed by atoms with E-state index < -0.39 is 0 Å². The number of hydrogen-bond acceptors (Lipinski definition) is 3. The monoisotopic (exact) mass is 182 g/mol. The molecular weight excluding hydrogens is 168 g/mol. The van der Waals surface area contributed by atoms with Crippen molar-refractivity contribution in [1.29, 1.82) is 0 Å². The van der Waals surface area contributed by atoms with Gasteiger partial charge in [-0.05, 0) is 12.3 Å². The molecule has 2 saturated heterocycles. The lowest BCUT2D eigenvalue weighted by molar-refractivity contribution is -0.139. The van der Waals surface area contributed by atoms with Crippen molar-refractivity contribution < 1.29 is 9.59 Å². The Balaban J connectivity index is 1.93. The Morgan fingerprint density at radius 1 is 1.38 bits per heavy atom. The van der Waals surface area contributed by atoms with Crippen molar-refractivity contribution in [3.05, 3.63) is 0 Å². The molecule has 1 atom stereocenters. The fourth-order valence-corrected chi connectivity index (χ4v) is 2.03. The van der Waals surface area contributed by atoms with Gasteiger partial charge >= 0.3 is 0 Å². The van der Waals surface area contributed by atoms with E-state index in [4.69, 9.17) is 0 Å². The molecule has 2 aliphatic heterocycles. The van der Waals surface area contributed by atoms with E-state index in [0.717, 1.165) is 13.1 Å². The summed E-state index contributed by atoms with van der Waals surface area (Å²) in [5.41, 5.74) is 0. The molecule has 0 bridgehead atoms. The number of nitrogens with zero attached hydrogens (tertiary/aromatic N) is 1. The van der Waals surface area contributed by atoms with Crippen molar-refractivity contribution in [3.63, 3.8) is 0 Å². The van der Waals surface area contributed by atoms with Gasteiger partial charge in [0.05, 0.1) is 6.04 Å². The normalized spacial score (nSPS) is 31.3. The minimum atomic E-state index is -0.130. The molecule has 0 aliphatic carbocycles. The summed E-state index contributed by atoms with van der Waals surface area (Å²) in [5.74, 6) is 0.461. The summed E-state index contributed by atoms with van der Waals surface area (Å²) in [5, 5.41) is 2.37. The van der Waals surface area contributed by atoms with Gasteiger partial charge < -0.3 is 0 Å². The lowest BCUT2D eigenvalue weighted by Crippen LogP contribution is -2.59. The summed E-state index contributed by atoms with van der Waals surface area (Å²) in [4.78, 5) is 24.4. The van der Waals surface area contributed by atoms with Crippen LogP contribution >= 0.6 is 0 Å². The van der Waals surface area contributed by atoms with Crippen LogP contribution in [-0.2, 0) is 9.59 Å². The molecule has 0 radical (unpaired) electrons. The van der Waals surface area contributed by atoms with Crippen LogP contribution in [0.25, 0.3) is 0 Å². The maximum absolute atomic E-state index is 11.4. The van der Waals surface area contributed by atoms with E-state index in [1.54, 1.807) is 0 Å². The van der Waals surface area contributed by atoms with E-state index in [1.165, 1.54) is 0 Å². The van der Waals surface area contributed by atoms with Crippen LogP contribution in [0, 0.1) is 5.92 Å². The van der Waals surface area contributed by atoms with Crippen LogP contribution in [0.4, 0.5) is 0 Å². The molecule has 1 N–H and O–H groups in total. The van der Waals surface area contributed by atoms with Crippen LogP contribution in [0.1, 0.15) is 19.8 Å². The highest BCUT2D eigenvalue weighted by molar-refractivity contribution is 6.00. The van der Waals surface area contributed by atoms with Crippen LogP contribution in [0.3, 0.4) is 0 Å². The molecule has 4 nitrogen and oxygen atoms in total. The molecule has 0 saturated carbocycles. The number of carbonyl (C=O) groups is 2. The van der Waals surface area contributed by atoms with Gasteiger partial charge in [-0.1, -0.05) is 6.92 Å². The van der Waals surface area contributed by atoms with Crippen LogP contribution < -0.4 is 5.32 Å². The van der Waals surface area contributed by atoms with Crippen molar-refractivity contribution in [2.45, 2.75) is 25.8 Å². The number of hydrogen-bond donors (Lipinski definition) is 1. The van der Waals surface area contributed by atoms with E-state index in [9.17, 15) is 9.59 Å². The molecule has 4 heteroatoms. The minimum Gasteiger partial charge on any atom is -0.295 e. The highest BCUT2D eigenvalue weighted by atomic mass is 16.2. The third-order valence-electron chi connectivity index (χ3n) is 2.74. The number of carbonyl (C=O) groups excluding carboxylic acids is 2. The van der Waals surface area contributed by atoms with E-state index >= 15 is 0 Å². The summed E-state index contributed by atoms with van der Waals surface area (Å²) < 4.78 is 0. The highest BCUT2D eigenvalue weighted by Gasteiger charge is 2.36. The first-order valence-electron chi connectivity index (χ1n) is 4.74. The van der Waals surface area contributed by atoms with Crippen molar-refractivity contribution in [2.75, 3.05) is 13.1 Å². The lowest BCUT2D eigenvalue weighted by atomic mass is 9.95. The Hall–Kier alpha value is -0.900. The van der Waals surface area contributed by atoms with E-state index in [1.807, 2.05) is 0 Å².